The Balaban J connectivity index is 3.19. The molecular formula is C17H21BrClNO5. The van der Waals surface area contributed by atoms with Crippen molar-refractivity contribution in [1.29, 1.82) is 0 Å². The van der Waals surface area contributed by atoms with Crippen LogP contribution in [0.1, 0.15) is 32.8 Å². The van der Waals surface area contributed by atoms with Crippen LogP contribution in [0.3, 0.4) is 0 Å². The topological polar surface area (TPSA) is 81.7 Å². The van der Waals surface area contributed by atoms with Gasteiger partial charge in [0.05, 0.1) is 13.2 Å². The summed E-state index contributed by atoms with van der Waals surface area (Å²) >= 11 is 9.51. The Morgan fingerprint density at radius 1 is 1.16 bits per heavy atom. The Morgan fingerprint density at radius 2 is 1.72 bits per heavy atom. The minimum Gasteiger partial charge on any atom is -0.464 e. The standard InChI is InChI=1S/C17H21BrClNO5/c1-4-24-15(22)17(20-11(3)21,16(23)25-5-2)9-8-12-6-7-13(18)10-14(12)19/h6-7,10H,4-5,8-9H2,1-3H3,(H,20,21). The number of nitrogens with one attached hydrogen (secondary N) is 1. The van der Waals surface area contributed by atoms with Crippen LogP contribution >= 0.6 is 27.5 Å². The molecule has 0 atom stereocenters. The van der Waals surface area contributed by atoms with Crippen LogP contribution in [0.15, 0.2) is 22.7 Å². The molecular weight excluding hydrogens is 414 g/mol. The summed E-state index contributed by atoms with van der Waals surface area (Å²) in [5.41, 5.74) is -1.18. The van der Waals surface area contributed by atoms with Crippen LogP contribution in [0.2, 0.25) is 5.02 Å². The number of aryl methyl sites for hydroxylation is 1. The van der Waals surface area contributed by atoms with E-state index in [0.717, 1.165) is 10.0 Å². The quantitative estimate of drug-likeness (QED) is 0.502. The van der Waals surface area contributed by atoms with Crippen molar-refractivity contribution in [2.45, 2.75) is 39.2 Å². The minimum atomic E-state index is -1.91. The first-order chi connectivity index (χ1) is 11.8. The molecule has 0 aromatic heterocycles. The molecule has 0 saturated carbocycles. The predicted octanol–water partition coefficient (Wildman–Crippen LogP) is 3.04. The predicted molar refractivity (Wildman–Crippen MR) is 97.3 cm³/mol. The number of ether oxygens (including phenoxy) is 2. The molecule has 0 unspecified atom stereocenters. The number of rotatable bonds is 8. The van der Waals surface area contributed by atoms with Gasteiger partial charge in [-0.2, -0.15) is 0 Å². The van der Waals surface area contributed by atoms with E-state index >= 15 is 0 Å². The number of carbonyl (C=O) groups is 3. The maximum absolute atomic E-state index is 12.5. The number of benzene rings is 1. The summed E-state index contributed by atoms with van der Waals surface area (Å²) in [6.45, 7) is 4.59. The fourth-order valence-electron chi connectivity index (χ4n) is 2.31. The summed E-state index contributed by atoms with van der Waals surface area (Å²) in [7, 11) is 0. The lowest BCUT2D eigenvalue weighted by Gasteiger charge is -2.29. The first-order valence-corrected chi connectivity index (χ1v) is 9.01. The van der Waals surface area contributed by atoms with E-state index in [0.29, 0.717) is 5.02 Å². The lowest BCUT2D eigenvalue weighted by molar-refractivity contribution is -0.168. The third kappa shape index (κ3) is 5.71. The van der Waals surface area contributed by atoms with E-state index in [2.05, 4.69) is 21.2 Å². The molecule has 1 amide bonds. The highest BCUT2D eigenvalue weighted by atomic mass is 79.9. The molecule has 0 aliphatic heterocycles. The van der Waals surface area contributed by atoms with E-state index in [4.69, 9.17) is 21.1 Å². The van der Waals surface area contributed by atoms with Crippen molar-refractivity contribution in [2.24, 2.45) is 0 Å². The van der Waals surface area contributed by atoms with Crippen LogP contribution in [0, 0.1) is 0 Å². The molecule has 0 heterocycles. The van der Waals surface area contributed by atoms with Crippen LogP contribution in [0.4, 0.5) is 0 Å². The van der Waals surface area contributed by atoms with Gasteiger partial charge in [-0.1, -0.05) is 33.6 Å². The second-order valence-corrected chi connectivity index (χ2v) is 6.59. The molecule has 1 rings (SSSR count). The largest absolute Gasteiger partial charge is 0.464 e. The SMILES string of the molecule is CCOC(=O)C(CCc1ccc(Br)cc1Cl)(NC(C)=O)C(=O)OCC. The van der Waals surface area contributed by atoms with Crippen molar-refractivity contribution in [2.75, 3.05) is 13.2 Å². The minimum absolute atomic E-state index is 0.0361. The summed E-state index contributed by atoms with van der Waals surface area (Å²) in [5.74, 6) is -2.24. The number of esters is 2. The Morgan fingerprint density at radius 3 is 2.16 bits per heavy atom. The molecule has 0 aliphatic rings. The molecule has 0 aliphatic carbocycles. The Kier molecular flexibility index (Phi) is 8.38. The van der Waals surface area contributed by atoms with E-state index in [-0.39, 0.29) is 26.1 Å². The van der Waals surface area contributed by atoms with Crippen LogP contribution < -0.4 is 5.32 Å². The molecule has 6 nitrogen and oxygen atoms in total. The van der Waals surface area contributed by atoms with Gasteiger partial charge in [-0.15, -0.1) is 0 Å². The van der Waals surface area contributed by atoms with Crippen LogP contribution in [-0.4, -0.2) is 36.6 Å². The summed E-state index contributed by atoms with van der Waals surface area (Å²) in [6.07, 6.45) is 0.232. The molecule has 8 heteroatoms. The first kappa shape index (κ1) is 21.4. The second kappa shape index (κ2) is 9.77. The average molecular weight is 435 g/mol. The van der Waals surface area contributed by atoms with Gasteiger partial charge in [0.25, 0.3) is 0 Å². The molecule has 1 aromatic carbocycles. The Bertz CT molecular complexity index is 632. The third-order valence-corrected chi connectivity index (χ3v) is 4.27. The molecule has 138 valence electrons. The normalized spacial score (nSPS) is 10.9. The molecule has 0 saturated heterocycles. The fraction of sp³-hybridized carbons (Fsp3) is 0.471. The van der Waals surface area contributed by atoms with Gasteiger partial charge in [0, 0.05) is 16.4 Å². The summed E-state index contributed by atoms with van der Waals surface area (Å²) in [4.78, 5) is 36.6. The van der Waals surface area contributed by atoms with E-state index < -0.39 is 23.4 Å². The smallest absolute Gasteiger partial charge is 0.343 e. The zero-order chi connectivity index (χ0) is 19.0. The molecule has 0 fully saturated rings. The highest BCUT2D eigenvalue weighted by molar-refractivity contribution is 9.10. The van der Waals surface area contributed by atoms with Crippen molar-refractivity contribution in [1.82, 2.24) is 5.32 Å². The fourth-order valence-corrected chi connectivity index (χ4v) is 3.08. The summed E-state index contributed by atoms with van der Waals surface area (Å²) in [5, 5.41) is 2.91. The van der Waals surface area contributed by atoms with Gasteiger partial charge >= 0.3 is 11.9 Å². The van der Waals surface area contributed by atoms with E-state index in [1.54, 1.807) is 32.0 Å². The van der Waals surface area contributed by atoms with Crippen LogP contribution in [0.5, 0.6) is 0 Å². The number of hydrogen-bond donors (Lipinski definition) is 1. The van der Waals surface area contributed by atoms with E-state index in [1.165, 1.54) is 6.92 Å². The maximum Gasteiger partial charge on any atom is 0.343 e. The zero-order valence-electron chi connectivity index (χ0n) is 14.4. The van der Waals surface area contributed by atoms with Crippen molar-refractivity contribution in [3.8, 4) is 0 Å². The zero-order valence-corrected chi connectivity index (χ0v) is 16.7. The number of hydrogen-bond acceptors (Lipinski definition) is 5. The van der Waals surface area contributed by atoms with Gasteiger partial charge in [-0.05, 0) is 44.4 Å². The Labute approximate surface area is 160 Å². The van der Waals surface area contributed by atoms with Crippen molar-refractivity contribution >= 4 is 45.4 Å². The Hall–Kier alpha value is -1.60. The van der Waals surface area contributed by atoms with Crippen molar-refractivity contribution < 1.29 is 23.9 Å². The van der Waals surface area contributed by atoms with Crippen molar-refractivity contribution in [3.63, 3.8) is 0 Å². The van der Waals surface area contributed by atoms with Gasteiger partial charge < -0.3 is 14.8 Å². The first-order valence-electron chi connectivity index (χ1n) is 7.84. The number of carbonyl (C=O) groups excluding carboxylic acids is 3. The second-order valence-electron chi connectivity index (χ2n) is 5.26. The highest BCUT2D eigenvalue weighted by Gasteiger charge is 2.49. The average Bonchev–Trinajstić information content (AvgIpc) is 2.52. The molecule has 0 bridgehead atoms. The van der Waals surface area contributed by atoms with Crippen molar-refractivity contribution in [3.05, 3.63) is 33.3 Å². The monoisotopic (exact) mass is 433 g/mol. The summed E-state index contributed by atoms with van der Waals surface area (Å²) in [6, 6.07) is 5.29. The van der Waals surface area contributed by atoms with Gasteiger partial charge in [-0.25, -0.2) is 9.59 Å². The molecule has 0 spiro atoms. The lowest BCUT2D eigenvalue weighted by Crippen LogP contribution is -2.61. The van der Waals surface area contributed by atoms with Crippen LogP contribution in [-0.2, 0) is 30.3 Å². The van der Waals surface area contributed by atoms with Gasteiger partial charge in [0.15, 0.2) is 0 Å². The summed E-state index contributed by atoms with van der Waals surface area (Å²) < 4.78 is 10.8. The highest BCUT2D eigenvalue weighted by Crippen LogP contribution is 2.26. The molecule has 1 aromatic rings. The van der Waals surface area contributed by atoms with E-state index in [9.17, 15) is 14.4 Å². The molecule has 0 radical (unpaired) electrons. The number of halogens is 2. The molecule has 1 N–H and O–H groups in total. The lowest BCUT2D eigenvalue weighted by atomic mass is 9.90. The maximum atomic E-state index is 12.5. The van der Waals surface area contributed by atoms with Crippen LogP contribution in [0.25, 0.3) is 0 Å². The van der Waals surface area contributed by atoms with Gasteiger partial charge in [0.2, 0.25) is 11.4 Å². The number of amides is 1. The van der Waals surface area contributed by atoms with E-state index in [1.807, 2.05) is 0 Å². The third-order valence-electron chi connectivity index (χ3n) is 3.42. The van der Waals surface area contributed by atoms with Gasteiger partial charge in [-0.3, -0.25) is 4.79 Å². The molecule has 25 heavy (non-hydrogen) atoms. The van der Waals surface area contributed by atoms with Gasteiger partial charge in [0.1, 0.15) is 0 Å².